The highest BCUT2D eigenvalue weighted by Crippen LogP contribution is 2.14. The Labute approximate surface area is 124 Å². The number of carbonyl (C=O) groups is 1. The molecule has 0 saturated carbocycles. The predicted molar refractivity (Wildman–Crippen MR) is 84.0 cm³/mol. The number of carbonyl (C=O) groups excluding carboxylic acids is 1. The molecule has 20 heavy (non-hydrogen) atoms. The topological polar surface area (TPSA) is 38.8 Å². The highest BCUT2D eigenvalue weighted by Gasteiger charge is 2.26. The fourth-order valence-electron chi connectivity index (χ4n) is 2.67. The first-order valence-electron chi connectivity index (χ1n) is 7.68. The van der Waals surface area contributed by atoms with Crippen LogP contribution in [0, 0.1) is 5.92 Å². The highest BCUT2D eigenvalue weighted by atomic mass is 16.2. The largest absolute Gasteiger partial charge is 0.331 e. The maximum atomic E-state index is 11.9. The zero-order valence-corrected chi connectivity index (χ0v) is 14.0. The van der Waals surface area contributed by atoms with Crippen molar-refractivity contribution in [1.29, 1.82) is 0 Å². The molecule has 1 heterocycles. The van der Waals surface area contributed by atoms with E-state index in [0.717, 1.165) is 32.5 Å². The van der Waals surface area contributed by atoms with E-state index >= 15 is 0 Å². The summed E-state index contributed by atoms with van der Waals surface area (Å²) >= 11 is 0. The highest BCUT2D eigenvalue weighted by molar-refractivity contribution is 5.73. The Balaban J connectivity index is 2.42. The molecule has 1 N–H and O–H groups in total. The lowest BCUT2D eigenvalue weighted by Crippen LogP contribution is -2.52. The molecular formula is C15H32N4O. The minimum Gasteiger partial charge on any atom is -0.331 e. The van der Waals surface area contributed by atoms with Crippen LogP contribution in [0.25, 0.3) is 0 Å². The average Bonchev–Trinajstić information content (AvgIpc) is 2.37. The minimum atomic E-state index is 0.136. The molecule has 118 valence electrons. The summed E-state index contributed by atoms with van der Waals surface area (Å²) in [5.74, 6) is 0.624. The Bertz CT molecular complexity index is 296. The van der Waals surface area contributed by atoms with Gasteiger partial charge >= 0.3 is 6.03 Å². The van der Waals surface area contributed by atoms with Gasteiger partial charge in [0, 0.05) is 45.8 Å². The molecule has 5 heteroatoms. The molecule has 1 fully saturated rings. The lowest BCUT2D eigenvalue weighted by atomic mass is 9.99. The van der Waals surface area contributed by atoms with Gasteiger partial charge in [-0.2, -0.15) is 0 Å². The number of hydrogen-bond acceptors (Lipinski definition) is 3. The molecule has 1 aliphatic rings. The lowest BCUT2D eigenvalue weighted by Gasteiger charge is -2.37. The summed E-state index contributed by atoms with van der Waals surface area (Å²) in [5.41, 5.74) is 0. The minimum absolute atomic E-state index is 0.136. The number of amides is 2. The molecule has 1 rings (SSSR count). The molecule has 0 radical (unpaired) electrons. The van der Waals surface area contributed by atoms with Crippen LogP contribution in [0.1, 0.15) is 26.7 Å². The monoisotopic (exact) mass is 284 g/mol. The van der Waals surface area contributed by atoms with Crippen LogP contribution in [0.4, 0.5) is 4.79 Å². The SMILES string of the molecule is CC(C)C(CN(C)C)NC1CCN(C(=O)N(C)C)CC1. The molecule has 1 atom stereocenters. The molecule has 0 aromatic heterocycles. The third kappa shape index (κ3) is 5.29. The van der Waals surface area contributed by atoms with E-state index in [0.29, 0.717) is 18.0 Å². The van der Waals surface area contributed by atoms with E-state index in [1.807, 2.05) is 19.0 Å². The third-order valence-electron chi connectivity index (χ3n) is 3.96. The van der Waals surface area contributed by atoms with Crippen LogP contribution in [0.5, 0.6) is 0 Å². The summed E-state index contributed by atoms with van der Waals surface area (Å²) in [6, 6.07) is 1.19. The van der Waals surface area contributed by atoms with Crippen molar-refractivity contribution in [1.82, 2.24) is 20.0 Å². The zero-order chi connectivity index (χ0) is 15.3. The molecular weight excluding hydrogens is 252 g/mol. The molecule has 0 aliphatic carbocycles. The molecule has 2 amide bonds. The van der Waals surface area contributed by atoms with Gasteiger partial charge in [0.05, 0.1) is 0 Å². The van der Waals surface area contributed by atoms with E-state index < -0.39 is 0 Å². The van der Waals surface area contributed by atoms with Crippen molar-refractivity contribution in [2.75, 3.05) is 47.8 Å². The molecule has 0 spiro atoms. The van der Waals surface area contributed by atoms with Crippen LogP contribution in [-0.2, 0) is 0 Å². The second-order valence-electron chi connectivity index (χ2n) is 6.72. The van der Waals surface area contributed by atoms with Crippen molar-refractivity contribution in [3.8, 4) is 0 Å². The summed E-state index contributed by atoms with van der Waals surface area (Å²) in [7, 11) is 7.88. The van der Waals surface area contributed by atoms with Crippen LogP contribution in [0.3, 0.4) is 0 Å². The van der Waals surface area contributed by atoms with E-state index in [-0.39, 0.29) is 6.03 Å². The van der Waals surface area contributed by atoms with E-state index in [9.17, 15) is 4.79 Å². The number of nitrogens with one attached hydrogen (secondary N) is 1. The summed E-state index contributed by atoms with van der Waals surface area (Å²) in [6.45, 7) is 7.33. The number of likely N-dealkylation sites (tertiary alicyclic amines) is 1. The van der Waals surface area contributed by atoms with Gasteiger partial charge in [-0.05, 0) is 32.9 Å². The smallest absolute Gasteiger partial charge is 0.319 e. The quantitative estimate of drug-likeness (QED) is 0.827. The van der Waals surface area contributed by atoms with Gasteiger partial charge in [-0.25, -0.2) is 4.79 Å². The summed E-state index contributed by atoms with van der Waals surface area (Å²) < 4.78 is 0. The molecule has 5 nitrogen and oxygen atoms in total. The number of nitrogens with zero attached hydrogens (tertiary/aromatic N) is 3. The van der Waals surface area contributed by atoms with Gasteiger partial charge in [-0.3, -0.25) is 0 Å². The fourth-order valence-corrected chi connectivity index (χ4v) is 2.67. The van der Waals surface area contributed by atoms with Crippen LogP contribution < -0.4 is 5.32 Å². The Hall–Kier alpha value is -0.810. The molecule has 1 unspecified atom stereocenters. The molecule has 0 aromatic carbocycles. The maximum absolute atomic E-state index is 11.9. The Morgan fingerprint density at radius 1 is 1.20 bits per heavy atom. The number of likely N-dealkylation sites (N-methyl/N-ethyl adjacent to an activating group) is 1. The second-order valence-corrected chi connectivity index (χ2v) is 6.72. The van der Waals surface area contributed by atoms with Crippen LogP contribution in [0.2, 0.25) is 0 Å². The first-order chi connectivity index (χ1) is 9.31. The van der Waals surface area contributed by atoms with Crippen molar-refractivity contribution in [3.05, 3.63) is 0 Å². The van der Waals surface area contributed by atoms with E-state index in [1.54, 1.807) is 4.90 Å². The third-order valence-corrected chi connectivity index (χ3v) is 3.96. The number of hydrogen-bond donors (Lipinski definition) is 1. The van der Waals surface area contributed by atoms with E-state index in [1.165, 1.54) is 0 Å². The Kier molecular flexibility index (Phi) is 6.76. The summed E-state index contributed by atoms with van der Waals surface area (Å²) in [4.78, 5) is 17.8. The van der Waals surface area contributed by atoms with Crippen LogP contribution in [0.15, 0.2) is 0 Å². The molecule has 0 bridgehead atoms. The van der Waals surface area contributed by atoms with Crippen molar-refractivity contribution in [2.24, 2.45) is 5.92 Å². The van der Waals surface area contributed by atoms with Gasteiger partial charge in [-0.15, -0.1) is 0 Å². The number of piperidine rings is 1. The number of urea groups is 1. The predicted octanol–water partition coefficient (Wildman–Crippen LogP) is 1.31. The van der Waals surface area contributed by atoms with Gasteiger partial charge in [-0.1, -0.05) is 13.8 Å². The van der Waals surface area contributed by atoms with Gasteiger partial charge < -0.3 is 20.0 Å². The maximum Gasteiger partial charge on any atom is 0.319 e. The normalized spacial score (nSPS) is 18.7. The van der Waals surface area contributed by atoms with Gasteiger partial charge in [0.2, 0.25) is 0 Å². The lowest BCUT2D eigenvalue weighted by molar-refractivity contribution is 0.146. The van der Waals surface area contributed by atoms with Crippen molar-refractivity contribution >= 4 is 6.03 Å². The zero-order valence-electron chi connectivity index (χ0n) is 14.0. The van der Waals surface area contributed by atoms with Gasteiger partial charge in [0.15, 0.2) is 0 Å². The Morgan fingerprint density at radius 3 is 2.15 bits per heavy atom. The molecule has 0 aromatic rings. The number of rotatable bonds is 5. The fraction of sp³-hybridized carbons (Fsp3) is 0.933. The average molecular weight is 284 g/mol. The van der Waals surface area contributed by atoms with Crippen molar-refractivity contribution in [3.63, 3.8) is 0 Å². The van der Waals surface area contributed by atoms with Gasteiger partial charge in [0.25, 0.3) is 0 Å². The second kappa shape index (κ2) is 7.84. The standard InChI is InChI=1S/C15H32N4O/c1-12(2)14(11-17(3)4)16-13-7-9-19(10-8-13)15(20)18(5)6/h12-14,16H,7-11H2,1-6H3. The summed E-state index contributed by atoms with van der Waals surface area (Å²) in [5, 5.41) is 3.78. The van der Waals surface area contributed by atoms with Crippen molar-refractivity contribution in [2.45, 2.75) is 38.8 Å². The van der Waals surface area contributed by atoms with E-state index in [2.05, 4.69) is 38.2 Å². The molecule has 1 saturated heterocycles. The summed E-state index contributed by atoms with van der Waals surface area (Å²) in [6.07, 6.45) is 2.10. The van der Waals surface area contributed by atoms with Crippen molar-refractivity contribution < 1.29 is 4.79 Å². The molecule has 1 aliphatic heterocycles. The first kappa shape index (κ1) is 17.2. The van der Waals surface area contributed by atoms with E-state index in [4.69, 9.17) is 0 Å². The van der Waals surface area contributed by atoms with Gasteiger partial charge in [0.1, 0.15) is 0 Å². The Morgan fingerprint density at radius 2 is 1.75 bits per heavy atom. The van der Waals surface area contributed by atoms with Crippen LogP contribution >= 0.6 is 0 Å². The first-order valence-corrected chi connectivity index (χ1v) is 7.68. The van der Waals surface area contributed by atoms with Crippen LogP contribution in [-0.4, -0.2) is 80.6 Å².